The summed E-state index contributed by atoms with van der Waals surface area (Å²) in [6.45, 7) is 11.6. The van der Waals surface area contributed by atoms with Crippen molar-refractivity contribution in [3.05, 3.63) is 29.3 Å². The summed E-state index contributed by atoms with van der Waals surface area (Å²) in [5.74, 6) is -2.33. The van der Waals surface area contributed by atoms with Crippen LogP contribution in [0.1, 0.15) is 105 Å². The van der Waals surface area contributed by atoms with Gasteiger partial charge >= 0.3 is 5.97 Å². The third-order valence-corrected chi connectivity index (χ3v) is 10.4. The Morgan fingerprint density at radius 3 is 1.44 bits per heavy atom. The van der Waals surface area contributed by atoms with Crippen molar-refractivity contribution in [1.29, 1.82) is 0 Å². The number of anilines is 1. The van der Waals surface area contributed by atoms with Crippen molar-refractivity contribution in [2.45, 2.75) is 90.0 Å². The molecule has 2 heterocycles. The van der Waals surface area contributed by atoms with Gasteiger partial charge < -0.3 is 57.4 Å². The number of amides is 4. The molecule has 2 aliphatic rings. The van der Waals surface area contributed by atoms with Crippen molar-refractivity contribution >= 4 is 35.3 Å². The Morgan fingerprint density at radius 2 is 0.985 bits per heavy atom. The van der Waals surface area contributed by atoms with Gasteiger partial charge in [0, 0.05) is 25.1 Å². The number of carbonyl (C=O) groups is 5. The summed E-state index contributed by atoms with van der Waals surface area (Å²) in [6, 6.07) is 3.90. The molecule has 1 aromatic rings. The molecule has 1 unspecified atom stereocenters. The molecule has 1 atom stereocenters. The molecule has 1 saturated heterocycles. The predicted octanol–water partition coefficient (Wildman–Crippen LogP) is 4.13. The van der Waals surface area contributed by atoms with Crippen LogP contribution in [-0.2, 0) is 66.5 Å². The lowest BCUT2D eigenvalue weighted by molar-refractivity contribution is -0.145. The highest BCUT2D eigenvalue weighted by Crippen LogP contribution is 2.32. The molecule has 2 N–H and O–H groups in total. The first-order valence-corrected chi connectivity index (χ1v) is 24.0. The normalized spacial score (nSPS) is 14.9. The second-order valence-corrected chi connectivity index (χ2v) is 15.5. The second-order valence-electron chi connectivity index (χ2n) is 15.5. The molecule has 0 bridgehead atoms. The maximum atomic E-state index is 13.2. The van der Waals surface area contributed by atoms with E-state index in [1.807, 2.05) is 0 Å². The zero-order valence-corrected chi connectivity index (χ0v) is 39.3. The van der Waals surface area contributed by atoms with Crippen molar-refractivity contribution in [3.63, 3.8) is 0 Å². The first-order chi connectivity index (χ1) is 32.4. The van der Waals surface area contributed by atoms with Crippen LogP contribution >= 0.6 is 0 Å². The Hall–Kier alpha value is -3.63. The minimum absolute atomic E-state index is 0.0628. The number of rotatable bonds is 45. The van der Waals surface area contributed by atoms with Crippen LogP contribution in [0, 0.1) is 0 Å². The molecule has 19 heteroatoms. The summed E-state index contributed by atoms with van der Waals surface area (Å²) < 4.78 is 60.3. The van der Waals surface area contributed by atoms with E-state index in [1.54, 1.807) is 18.2 Å². The highest BCUT2D eigenvalue weighted by atomic mass is 16.6. The van der Waals surface area contributed by atoms with E-state index in [0.29, 0.717) is 151 Å². The number of carbonyl (C=O) groups excluding carboxylic acids is 5. The zero-order valence-electron chi connectivity index (χ0n) is 39.3. The lowest BCUT2D eigenvalue weighted by Crippen LogP contribution is -2.54. The van der Waals surface area contributed by atoms with Crippen molar-refractivity contribution in [3.8, 4) is 0 Å². The average molecular weight is 940 g/mol. The summed E-state index contributed by atoms with van der Waals surface area (Å²) in [5, 5.41) is 5.33. The molecule has 1 fully saturated rings. The van der Waals surface area contributed by atoms with Crippen LogP contribution in [0.2, 0.25) is 0 Å². The van der Waals surface area contributed by atoms with E-state index in [-0.39, 0.29) is 36.5 Å². The highest BCUT2D eigenvalue weighted by molar-refractivity contribution is 6.25. The van der Waals surface area contributed by atoms with Crippen LogP contribution in [0.5, 0.6) is 0 Å². The third kappa shape index (κ3) is 25.5. The van der Waals surface area contributed by atoms with Crippen LogP contribution in [0.15, 0.2) is 18.2 Å². The standard InChI is InChI=1S/C47H77N3O16/c1-2-3-4-5-6-7-8-9-10-14-43(52)66-38-37-65-36-35-64-34-33-63-32-31-62-30-29-61-28-27-60-26-25-59-24-23-58-22-21-57-20-19-56-18-17-48-40-13-11-12-39-44(40)47(55)50(46(39)54)41-15-16-42(51)49-45(41)53/h11-13,41,48H,2-10,14-38H2,1H3,(H,49,51,53). The van der Waals surface area contributed by atoms with Crippen molar-refractivity contribution in [1.82, 2.24) is 10.2 Å². The van der Waals surface area contributed by atoms with E-state index in [4.69, 9.17) is 52.1 Å². The first-order valence-electron chi connectivity index (χ1n) is 24.0. The number of nitrogens with one attached hydrogen (secondary N) is 2. The minimum atomic E-state index is -1.01. The molecule has 1 aromatic carbocycles. The van der Waals surface area contributed by atoms with E-state index in [0.717, 1.165) is 17.7 Å². The van der Waals surface area contributed by atoms with E-state index >= 15 is 0 Å². The number of imide groups is 2. The maximum Gasteiger partial charge on any atom is 0.305 e. The molecule has 19 nitrogen and oxygen atoms in total. The van der Waals surface area contributed by atoms with Gasteiger partial charge in [-0.15, -0.1) is 0 Å². The third-order valence-electron chi connectivity index (χ3n) is 10.4. The fourth-order valence-electron chi connectivity index (χ4n) is 6.87. The first kappa shape index (κ1) is 56.7. The van der Waals surface area contributed by atoms with Crippen LogP contribution in [-0.4, -0.2) is 186 Å². The number of esters is 1. The molecule has 0 aliphatic carbocycles. The fraction of sp³-hybridized carbons (Fsp3) is 0.766. The molecule has 0 saturated carbocycles. The van der Waals surface area contributed by atoms with Crippen LogP contribution in [0.25, 0.3) is 0 Å². The lowest BCUT2D eigenvalue weighted by Gasteiger charge is -2.27. The number of nitrogens with zero attached hydrogens (tertiary/aromatic N) is 1. The molecule has 0 spiro atoms. The van der Waals surface area contributed by atoms with Gasteiger partial charge in [-0.2, -0.15) is 0 Å². The van der Waals surface area contributed by atoms with Crippen LogP contribution in [0.3, 0.4) is 0 Å². The van der Waals surface area contributed by atoms with Gasteiger partial charge in [-0.3, -0.25) is 34.2 Å². The largest absolute Gasteiger partial charge is 0.463 e. The lowest BCUT2D eigenvalue weighted by atomic mass is 10.0. The number of fused-ring (bicyclic) bond motifs is 1. The SMILES string of the molecule is CCCCCCCCCCCC(=O)OCCOCCOCCOCCOCCOCCOCCOCCOCCOCCOCCNc1cccc2c1C(=O)N(C1CCC(=O)NC1=O)C2=O. The summed E-state index contributed by atoms with van der Waals surface area (Å²) >= 11 is 0. The van der Waals surface area contributed by atoms with E-state index in [1.165, 1.54) is 44.9 Å². The Balaban J connectivity index is 0.955. The summed E-state index contributed by atoms with van der Waals surface area (Å²) in [5.41, 5.74) is 0.899. The zero-order chi connectivity index (χ0) is 47.1. The Bertz CT molecular complexity index is 1490. The molecule has 2 aliphatic heterocycles. The molecule has 376 valence electrons. The van der Waals surface area contributed by atoms with Gasteiger partial charge in [0.2, 0.25) is 11.8 Å². The van der Waals surface area contributed by atoms with Crippen molar-refractivity contribution < 1.29 is 76.1 Å². The Labute approximate surface area is 390 Å². The topological polar surface area (TPSA) is 214 Å². The number of piperidine rings is 1. The summed E-state index contributed by atoms with van der Waals surface area (Å²) in [4.78, 5) is 62.8. The van der Waals surface area contributed by atoms with E-state index < -0.39 is 29.7 Å². The minimum Gasteiger partial charge on any atom is -0.463 e. The average Bonchev–Trinajstić information content (AvgIpc) is 3.57. The number of hydrogen-bond donors (Lipinski definition) is 2. The fourth-order valence-corrected chi connectivity index (χ4v) is 6.87. The van der Waals surface area contributed by atoms with Gasteiger partial charge in [0.05, 0.1) is 143 Å². The van der Waals surface area contributed by atoms with E-state index in [2.05, 4.69) is 17.6 Å². The summed E-state index contributed by atoms with van der Waals surface area (Å²) in [6.07, 6.45) is 11.7. The highest BCUT2D eigenvalue weighted by Gasteiger charge is 2.45. The molecule has 0 aromatic heterocycles. The smallest absolute Gasteiger partial charge is 0.305 e. The van der Waals surface area contributed by atoms with Gasteiger partial charge in [0.15, 0.2) is 0 Å². The van der Waals surface area contributed by atoms with Crippen LogP contribution in [0.4, 0.5) is 5.69 Å². The molecular formula is C47H77N3O16. The van der Waals surface area contributed by atoms with Gasteiger partial charge in [-0.05, 0) is 25.0 Å². The molecule has 66 heavy (non-hydrogen) atoms. The van der Waals surface area contributed by atoms with Crippen molar-refractivity contribution in [2.24, 2.45) is 0 Å². The quantitative estimate of drug-likeness (QED) is 0.0534. The molecule has 0 radical (unpaired) electrons. The Morgan fingerprint density at radius 1 is 0.561 bits per heavy atom. The molecule has 3 rings (SSSR count). The van der Waals surface area contributed by atoms with Crippen LogP contribution < -0.4 is 10.6 Å². The van der Waals surface area contributed by atoms with Gasteiger partial charge in [-0.1, -0.05) is 64.4 Å². The predicted molar refractivity (Wildman–Crippen MR) is 243 cm³/mol. The number of unbranched alkanes of at least 4 members (excludes halogenated alkanes) is 8. The Kier molecular flexibility index (Phi) is 32.9. The maximum absolute atomic E-state index is 13.2. The molecule has 4 amide bonds. The second kappa shape index (κ2) is 38.3. The van der Waals surface area contributed by atoms with Gasteiger partial charge in [0.1, 0.15) is 12.6 Å². The summed E-state index contributed by atoms with van der Waals surface area (Å²) in [7, 11) is 0. The van der Waals surface area contributed by atoms with Crippen molar-refractivity contribution in [2.75, 3.05) is 151 Å². The number of benzene rings is 1. The monoisotopic (exact) mass is 940 g/mol. The van der Waals surface area contributed by atoms with E-state index in [9.17, 15) is 24.0 Å². The van der Waals surface area contributed by atoms with Gasteiger partial charge in [0.25, 0.3) is 11.8 Å². The number of ether oxygens (including phenoxy) is 11. The number of hydrogen-bond acceptors (Lipinski definition) is 17. The molecular weight excluding hydrogens is 863 g/mol. The van der Waals surface area contributed by atoms with Gasteiger partial charge in [-0.25, -0.2) is 0 Å².